The number of thioether (sulfide) groups is 1. The van der Waals surface area contributed by atoms with Crippen LogP contribution in [-0.4, -0.2) is 23.5 Å². The number of nitrogens with one attached hydrogen (secondary N) is 1. The first-order valence-electron chi connectivity index (χ1n) is 8.81. The summed E-state index contributed by atoms with van der Waals surface area (Å²) in [6.07, 6.45) is 9.79. The lowest BCUT2D eigenvalue weighted by Gasteiger charge is -2.28. The summed E-state index contributed by atoms with van der Waals surface area (Å²) in [5.41, 5.74) is 1.21. The van der Waals surface area contributed by atoms with Crippen molar-refractivity contribution >= 4 is 23.7 Å². The molecular weight excluding hydrogens is 302 g/mol. The lowest BCUT2D eigenvalue weighted by Crippen LogP contribution is -2.40. The zero-order valence-electron chi connectivity index (χ0n) is 13.9. The van der Waals surface area contributed by atoms with Crippen molar-refractivity contribution in [3.63, 3.8) is 0 Å². The van der Waals surface area contributed by atoms with Gasteiger partial charge < -0.3 is 5.32 Å². The van der Waals surface area contributed by atoms with E-state index in [-0.39, 0.29) is 5.91 Å². The predicted molar refractivity (Wildman–Crippen MR) is 99.3 cm³/mol. The van der Waals surface area contributed by atoms with E-state index < -0.39 is 0 Å². The molecule has 0 spiro atoms. The predicted octanol–water partition coefficient (Wildman–Crippen LogP) is 4.37. The quantitative estimate of drug-likeness (QED) is 0.752. The molecule has 1 aromatic rings. The van der Waals surface area contributed by atoms with Crippen LogP contribution in [0.5, 0.6) is 0 Å². The van der Waals surface area contributed by atoms with Crippen molar-refractivity contribution in [2.24, 2.45) is 17.8 Å². The molecule has 2 aliphatic rings. The first-order valence-corrected chi connectivity index (χ1v) is 9.96. The van der Waals surface area contributed by atoms with E-state index in [1.807, 2.05) is 18.2 Å². The smallest absolute Gasteiger partial charge is 0.230 e. The minimum atomic E-state index is 0.193. The normalized spacial score (nSPS) is 27.4. The molecule has 1 amide bonds. The number of carbonyl (C=O) groups excluding carboxylic acids is 1. The molecule has 0 unspecified atom stereocenters. The minimum Gasteiger partial charge on any atom is -0.353 e. The van der Waals surface area contributed by atoms with Gasteiger partial charge >= 0.3 is 0 Å². The van der Waals surface area contributed by atoms with Crippen molar-refractivity contribution in [1.82, 2.24) is 5.32 Å². The van der Waals surface area contributed by atoms with Gasteiger partial charge in [-0.2, -0.15) is 0 Å². The molecule has 124 valence electrons. The molecule has 0 aromatic heterocycles. The van der Waals surface area contributed by atoms with Gasteiger partial charge in [-0.15, -0.1) is 11.8 Å². The second-order valence-corrected chi connectivity index (χ2v) is 8.05. The fraction of sp³-hybridized carbons (Fsp3) is 0.550. The van der Waals surface area contributed by atoms with Crippen molar-refractivity contribution in [3.05, 3.63) is 42.0 Å². The Balaban J connectivity index is 1.33. The van der Waals surface area contributed by atoms with Gasteiger partial charge in [0.15, 0.2) is 0 Å². The molecule has 1 N–H and O–H groups in total. The molecule has 3 rings (SSSR count). The van der Waals surface area contributed by atoms with Gasteiger partial charge in [-0.3, -0.25) is 4.79 Å². The number of rotatable bonds is 7. The van der Waals surface area contributed by atoms with E-state index in [0.29, 0.717) is 11.8 Å². The monoisotopic (exact) mass is 329 g/mol. The number of fused-ring (bicyclic) bond motifs is 2. The highest BCUT2D eigenvalue weighted by Crippen LogP contribution is 2.49. The van der Waals surface area contributed by atoms with Gasteiger partial charge in [0, 0.05) is 11.8 Å². The fourth-order valence-corrected chi connectivity index (χ4v) is 4.90. The summed E-state index contributed by atoms with van der Waals surface area (Å²) < 4.78 is 0. The standard InChI is InChI=1S/C20H27NOS/c1-15(19-13-17-9-10-18(19)12-17)21-20(22)14-23-11-5-8-16-6-3-2-4-7-16/h2-8,15,17-19H,9-14H2,1H3,(H,21,22)/b8-5+/t15-,17-,18-,19+/m0/s1. The third kappa shape index (κ3) is 4.63. The van der Waals surface area contributed by atoms with E-state index in [2.05, 4.69) is 36.5 Å². The largest absolute Gasteiger partial charge is 0.353 e. The van der Waals surface area contributed by atoms with Gasteiger partial charge in [-0.1, -0.05) is 48.9 Å². The molecule has 0 radical (unpaired) electrons. The van der Waals surface area contributed by atoms with Gasteiger partial charge in [0.2, 0.25) is 5.91 Å². The van der Waals surface area contributed by atoms with Crippen molar-refractivity contribution in [1.29, 1.82) is 0 Å². The van der Waals surface area contributed by atoms with Crippen LogP contribution in [0.2, 0.25) is 0 Å². The summed E-state index contributed by atoms with van der Waals surface area (Å²) in [5.74, 6) is 4.17. The van der Waals surface area contributed by atoms with Crippen molar-refractivity contribution in [2.75, 3.05) is 11.5 Å². The zero-order chi connectivity index (χ0) is 16.1. The summed E-state index contributed by atoms with van der Waals surface area (Å²) in [4.78, 5) is 12.1. The van der Waals surface area contributed by atoms with Crippen molar-refractivity contribution < 1.29 is 4.79 Å². The van der Waals surface area contributed by atoms with E-state index in [1.165, 1.54) is 31.2 Å². The van der Waals surface area contributed by atoms with Crippen LogP contribution in [0.25, 0.3) is 6.08 Å². The van der Waals surface area contributed by atoms with Crippen LogP contribution in [0.15, 0.2) is 36.4 Å². The molecule has 0 saturated heterocycles. The van der Waals surface area contributed by atoms with Crippen LogP contribution in [0.4, 0.5) is 0 Å². The van der Waals surface area contributed by atoms with Gasteiger partial charge in [0.1, 0.15) is 0 Å². The lowest BCUT2D eigenvalue weighted by molar-refractivity contribution is -0.119. The molecule has 23 heavy (non-hydrogen) atoms. The number of hydrogen-bond acceptors (Lipinski definition) is 2. The van der Waals surface area contributed by atoms with E-state index in [9.17, 15) is 4.79 Å². The van der Waals surface area contributed by atoms with Crippen LogP contribution in [-0.2, 0) is 4.79 Å². The Hall–Kier alpha value is -1.22. The molecule has 2 bridgehead atoms. The minimum absolute atomic E-state index is 0.193. The fourth-order valence-electron chi connectivity index (χ4n) is 4.28. The maximum Gasteiger partial charge on any atom is 0.230 e. The highest BCUT2D eigenvalue weighted by Gasteiger charge is 2.41. The number of carbonyl (C=O) groups is 1. The third-order valence-corrected chi connectivity index (χ3v) is 6.28. The highest BCUT2D eigenvalue weighted by atomic mass is 32.2. The van der Waals surface area contributed by atoms with Gasteiger partial charge in [0.05, 0.1) is 5.75 Å². The number of benzene rings is 1. The first-order chi connectivity index (χ1) is 11.2. The lowest BCUT2D eigenvalue weighted by atomic mass is 9.84. The molecule has 1 aromatic carbocycles. The van der Waals surface area contributed by atoms with Crippen LogP contribution in [0.3, 0.4) is 0 Å². The van der Waals surface area contributed by atoms with E-state index in [0.717, 1.165) is 23.5 Å². The molecule has 2 saturated carbocycles. The second kappa shape index (κ2) is 8.05. The number of hydrogen-bond donors (Lipinski definition) is 1. The molecular formula is C20H27NOS. The van der Waals surface area contributed by atoms with Gasteiger partial charge in [-0.05, 0) is 49.5 Å². The topological polar surface area (TPSA) is 29.1 Å². The Morgan fingerprint density at radius 1 is 1.30 bits per heavy atom. The Kier molecular flexibility index (Phi) is 5.82. The first kappa shape index (κ1) is 16.6. The average Bonchev–Trinajstić information content (AvgIpc) is 3.18. The number of amides is 1. The summed E-state index contributed by atoms with van der Waals surface area (Å²) in [5, 5.41) is 3.23. The molecule has 2 aliphatic carbocycles. The molecule has 2 fully saturated rings. The van der Waals surface area contributed by atoms with Crippen molar-refractivity contribution in [3.8, 4) is 0 Å². The molecule has 4 atom stereocenters. The van der Waals surface area contributed by atoms with Crippen LogP contribution < -0.4 is 5.32 Å². The Bertz CT molecular complexity index is 542. The Morgan fingerprint density at radius 2 is 2.13 bits per heavy atom. The molecule has 2 nitrogen and oxygen atoms in total. The zero-order valence-corrected chi connectivity index (χ0v) is 14.7. The summed E-state index contributed by atoms with van der Waals surface area (Å²) >= 11 is 1.68. The highest BCUT2D eigenvalue weighted by molar-refractivity contribution is 8.00. The maximum atomic E-state index is 12.1. The van der Waals surface area contributed by atoms with Gasteiger partial charge in [0.25, 0.3) is 0 Å². The third-order valence-electron chi connectivity index (χ3n) is 5.38. The molecule has 3 heteroatoms. The van der Waals surface area contributed by atoms with Gasteiger partial charge in [-0.25, -0.2) is 0 Å². The molecule has 0 heterocycles. The SMILES string of the molecule is C[C@H](NC(=O)CSC/C=C/c1ccccc1)[C@H]1C[C@H]2CC[C@H]1C2. The Labute approximate surface area is 144 Å². The van der Waals surface area contributed by atoms with Crippen molar-refractivity contribution in [2.45, 2.75) is 38.6 Å². The van der Waals surface area contributed by atoms with E-state index >= 15 is 0 Å². The second-order valence-electron chi connectivity index (χ2n) is 7.02. The Morgan fingerprint density at radius 3 is 2.83 bits per heavy atom. The van der Waals surface area contributed by atoms with E-state index in [4.69, 9.17) is 0 Å². The molecule has 0 aliphatic heterocycles. The van der Waals surface area contributed by atoms with Crippen LogP contribution >= 0.6 is 11.8 Å². The summed E-state index contributed by atoms with van der Waals surface area (Å²) in [6.45, 7) is 2.20. The maximum absolute atomic E-state index is 12.1. The van der Waals surface area contributed by atoms with E-state index in [1.54, 1.807) is 11.8 Å². The summed E-state index contributed by atoms with van der Waals surface area (Å²) in [7, 11) is 0. The van der Waals surface area contributed by atoms with Crippen LogP contribution in [0.1, 0.15) is 38.2 Å². The van der Waals surface area contributed by atoms with Crippen LogP contribution in [0, 0.1) is 17.8 Å². The average molecular weight is 330 g/mol. The summed E-state index contributed by atoms with van der Waals surface area (Å²) in [6, 6.07) is 10.6.